The molecule has 86 valence electrons. The van der Waals surface area contributed by atoms with Crippen LogP contribution < -0.4 is 5.32 Å². The summed E-state index contributed by atoms with van der Waals surface area (Å²) in [6.07, 6.45) is -0.433. The number of halogens is 1. The molecule has 1 aromatic rings. The number of nitrogens with one attached hydrogen (secondary N) is 1. The summed E-state index contributed by atoms with van der Waals surface area (Å²) in [5.41, 5.74) is 0.366. The molecule has 0 amide bonds. The van der Waals surface area contributed by atoms with Gasteiger partial charge in [0.25, 0.3) is 0 Å². The Bertz CT molecular complexity index is 388. The molecule has 16 heavy (non-hydrogen) atoms. The number of carboxylic acid groups (broad SMARTS) is 1. The molecule has 0 aromatic heterocycles. The van der Waals surface area contributed by atoms with Gasteiger partial charge in [-0.05, 0) is 19.0 Å². The quantitative estimate of drug-likeness (QED) is 0.824. The first-order chi connectivity index (χ1) is 7.70. The molecule has 1 aliphatic rings. The lowest BCUT2D eigenvalue weighted by Crippen LogP contribution is -2.15. The summed E-state index contributed by atoms with van der Waals surface area (Å²) in [7, 11) is 0. The summed E-state index contributed by atoms with van der Waals surface area (Å²) in [5.74, 6) is -1.18. The number of hydrogen-bond acceptors (Lipinski definition) is 2. The minimum absolute atomic E-state index is 0.0712. The van der Waals surface area contributed by atoms with E-state index in [0.717, 1.165) is 13.0 Å². The average molecular weight is 223 g/mol. The Morgan fingerprint density at radius 3 is 2.88 bits per heavy atom. The van der Waals surface area contributed by atoms with Gasteiger partial charge in [-0.2, -0.15) is 0 Å². The molecule has 1 fully saturated rings. The van der Waals surface area contributed by atoms with Crippen LogP contribution in [0.2, 0.25) is 0 Å². The van der Waals surface area contributed by atoms with Crippen LogP contribution in [0.5, 0.6) is 0 Å². The van der Waals surface area contributed by atoms with Crippen molar-refractivity contribution in [1.29, 1.82) is 0 Å². The number of benzene rings is 1. The first-order valence-electron chi connectivity index (χ1n) is 5.37. The van der Waals surface area contributed by atoms with Crippen LogP contribution in [0.3, 0.4) is 0 Å². The van der Waals surface area contributed by atoms with Crippen molar-refractivity contribution in [3.63, 3.8) is 0 Å². The van der Waals surface area contributed by atoms with Crippen LogP contribution in [0.1, 0.15) is 28.5 Å². The summed E-state index contributed by atoms with van der Waals surface area (Å²) < 4.78 is 14.2. The fourth-order valence-electron chi connectivity index (χ4n) is 2.11. The Labute approximate surface area is 93.3 Å². The van der Waals surface area contributed by atoms with Crippen LogP contribution in [0.4, 0.5) is 4.39 Å². The third-order valence-electron chi connectivity index (χ3n) is 3.00. The van der Waals surface area contributed by atoms with E-state index in [2.05, 4.69) is 5.32 Å². The van der Waals surface area contributed by atoms with E-state index in [9.17, 15) is 9.18 Å². The monoisotopic (exact) mass is 223 g/mol. The van der Waals surface area contributed by atoms with Gasteiger partial charge in [0.2, 0.25) is 0 Å². The van der Waals surface area contributed by atoms with E-state index in [4.69, 9.17) is 5.11 Å². The molecule has 4 heteroatoms. The van der Waals surface area contributed by atoms with Crippen LogP contribution in [0.15, 0.2) is 24.3 Å². The average Bonchev–Trinajstić information content (AvgIpc) is 2.81. The van der Waals surface area contributed by atoms with Gasteiger partial charge in [-0.1, -0.05) is 18.2 Å². The van der Waals surface area contributed by atoms with Gasteiger partial charge in [-0.25, -0.2) is 9.18 Å². The lowest BCUT2D eigenvalue weighted by molar-refractivity contribution is 0.0692. The van der Waals surface area contributed by atoms with Crippen LogP contribution in [-0.2, 0) is 0 Å². The summed E-state index contributed by atoms with van der Waals surface area (Å²) >= 11 is 0. The van der Waals surface area contributed by atoms with E-state index in [0.29, 0.717) is 12.1 Å². The van der Waals surface area contributed by atoms with E-state index >= 15 is 0 Å². The minimum Gasteiger partial charge on any atom is -0.478 e. The number of aromatic carboxylic acids is 1. The predicted molar refractivity (Wildman–Crippen MR) is 58.2 cm³/mol. The normalized spacial score (nSPS) is 21.9. The molecule has 0 aliphatic carbocycles. The minimum atomic E-state index is -1.19. The molecule has 2 rings (SSSR count). The third-order valence-corrected chi connectivity index (χ3v) is 3.00. The van der Waals surface area contributed by atoms with Gasteiger partial charge >= 0.3 is 5.97 Å². The van der Waals surface area contributed by atoms with Gasteiger partial charge in [-0.15, -0.1) is 0 Å². The zero-order chi connectivity index (χ0) is 11.5. The smallest absolute Gasteiger partial charge is 0.336 e. The lowest BCUT2D eigenvalue weighted by Gasteiger charge is -2.16. The molecule has 0 spiro atoms. The topological polar surface area (TPSA) is 49.3 Å². The molecule has 1 saturated heterocycles. The van der Waals surface area contributed by atoms with Crippen molar-refractivity contribution in [2.75, 3.05) is 13.1 Å². The molecule has 3 nitrogen and oxygen atoms in total. The molecule has 2 atom stereocenters. The van der Waals surface area contributed by atoms with Crippen molar-refractivity contribution in [2.45, 2.75) is 12.6 Å². The highest BCUT2D eigenvalue weighted by Crippen LogP contribution is 2.32. The van der Waals surface area contributed by atoms with Crippen molar-refractivity contribution >= 4 is 5.97 Å². The van der Waals surface area contributed by atoms with Crippen molar-refractivity contribution in [2.24, 2.45) is 5.92 Å². The number of hydrogen-bond donors (Lipinski definition) is 2. The van der Waals surface area contributed by atoms with Crippen molar-refractivity contribution in [3.05, 3.63) is 35.4 Å². The number of carbonyl (C=O) groups is 1. The van der Waals surface area contributed by atoms with Gasteiger partial charge in [0, 0.05) is 18.0 Å². The summed E-state index contributed by atoms with van der Waals surface area (Å²) in [6, 6.07) is 6.31. The molecule has 1 aliphatic heterocycles. The molecule has 1 heterocycles. The number of alkyl halides is 1. The third kappa shape index (κ3) is 2.07. The Kier molecular flexibility index (Phi) is 3.19. The van der Waals surface area contributed by atoms with Gasteiger partial charge in [0.05, 0.1) is 5.56 Å². The van der Waals surface area contributed by atoms with Crippen LogP contribution in [0.25, 0.3) is 0 Å². The van der Waals surface area contributed by atoms with E-state index in [1.165, 1.54) is 6.07 Å². The maximum Gasteiger partial charge on any atom is 0.336 e. The van der Waals surface area contributed by atoms with E-state index in [1.807, 2.05) is 0 Å². The second-order valence-electron chi connectivity index (χ2n) is 4.05. The lowest BCUT2D eigenvalue weighted by atomic mass is 9.93. The van der Waals surface area contributed by atoms with Gasteiger partial charge in [0.1, 0.15) is 6.17 Å². The van der Waals surface area contributed by atoms with Gasteiger partial charge in [0.15, 0.2) is 0 Å². The summed E-state index contributed by atoms with van der Waals surface area (Å²) in [5, 5.41) is 12.1. The molecular weight excluding hydrogens is 209 g/mol. The molecule has 0 saturated carbocycles. The van der Waals surface area contributed by atoms with Gasteiger partial charge in [-0.3, -0.25) is 0 Å². The Morgan fingerprint density at radius 2 is 2.25 bits per heavy atom. The molecule has 2 unspecified atom stereocenters. The highest BCUT2D eigenvalue weighted by molar-refractivity contribution is 5.89. The SMILES string of the molecule is O=C(O)c1ccccc1C(F)C1CCNC1. The second kappa shape index (κ2) is 4.61. The van der Waals surface area contributed by atoms with Gasteiger partial charge < -0.3 is 10.4 Å². The zero-order valence-electron chi connectivity index (χ0n) is 8.82. The largest absolute Gasteiger partial charge is 0.478 e. The maximum absolute atomic E-state index is 14.2. The first-order valence-corrected chi connectivity index (χ1v) is 5.37. The highest BCUT2D eigenvalue weighted by Gasteiger charge is 2.28. The molecule has 1 aromatic carbocycles. The fraction of sp³-hybridized carbons (Fsp3) is 0.417. The van der Waals surface area contributed by atoms with Crippen LogP contribution in [0, 0.1) is 5.92 Å². The molecular formula is C12H14FNO2. The highest BCUT2D eigenvalue weighted by atomic mass is 19.1. The van der Waals surface area contributed by atoms with Crippen molar-refractivity contribution in [1.82, 2.24) is 5.32 Å². The zero-order valence-corrected chi connectivity index (χ0v) is 8.82. The molecule has 2 N–H and O–H groups in total. The Morgan fingerprint density at radius 1 is 1.50 bits per heavy atom. The maximum atomic E-state index is 14.2. The first kappa shape index (κ1) is 11.1. The van der Waals surface area contributed by atoms with Crippen LogP contribution in [-0.4, -0.2) is 24.2 Å². The van der Waals surface area contributed by atoms with Crippen molar-refractivity contribution < 1.29 is 14.3 Å². The van der Waals surface area contributed by atoms with E-state index in [1.54, 1.807) is 18.2 Å². The standard InChI is InChI=1S/C12H14FNO2/c13-11(8-5-6-14-7-8)9-3-1-2-4-10(9)12(15)16/h1-4,8,11,14H,5-7H2,(H,15,16). The summed E-state index contributed by atoms with van der Waals surface area (Å²) in [4.78, 5) is 11.0. The Balaban J connectivity index is 2.27. The molecule has 0 radical (unpaired) electrons. The summed E-state index contributed by atoms with van der Waals surface area (Å²) in [6.45, 7) is 1.43. The van der Waals surface area contributed by atoms with Crippen molar-refractivity contribution in [3.8, 4) is 0 Å². The van der Waals surface area contributed by atoms with E-state index in [-0.39, 0.29) is 11.5 Å². The Hall–Kier alpha value is -1.42. The van der Waals surface area contributed by atoms with Crippen LogP contribution >= 0.6 is 0 Å². The predicted octanol–water partition coefficient (Wildman–Crippen LogP) is 2.00. The number of carboxylic acids is 1. The number of rotatable bonds is 3. The fourth-order valence-corrected chi connectivity index (χ4v) is 2.11. The molecule has 0 bridgehead atoms. The van der Waals surface area contributed by atoms with E-state index < -0.39 is 12.1 Å². The second-order valence-corrected chi connectivity index (χ2v) is 4.05.